The minimum Gasteiger partial charge on any atom is -1.00 e. The minimum atomic E-state index is 0. The van der Waals surface area contributed by atoms with Gasteiger partial charge in [0.15, 0.2) is 0 Å². The molecule has 0 heterocycles. The van der Waals surface area contributed by atoms with Crippen LogP contribution in [0.2, 0.25) is 20.1 Å². The summed E-state index contributed by atoms with van der Waals surface area (Å²) in [5, 5.41) is 11.7. The average Bonchev–Trinajstić information content (AvgIpc) is 3.33. The van der Waals surface area contributed by atoms with Crippen LogP contribution in [0.3, 0.4) is 0 Å². The fourth-order valence-electron chi connectivity index (χ4n) is 10.1. The van der Waals surface area contributed by atoms with Crippen LogP contribution in [0.15, 0.2) is 192 Å². The smallest absolute Gasteiger partial charge is 1.00 e. The van der Waals surface area contributed by atoms with E-state index in [4.69, 9.17) is 56.4 Å². The van der Waals surface area contributed by atoms with Gasteiger partial charge in [-0.2, -0.15) is 0 Å². The first-order valence-corrected chi connectivity index (χ1v) is 23.9. The van der Waals surface area contributed by atoms with Crippen molar-refractivity contribution in [3.05, 3.63) is 213 Å². The van der Waals surface area contributed by atoms with Gasteiger partial charge in [-0.15, -0.1) is 0 Å². The second-order valence-electron chi connectivity index (χ2n) is 17.3. The van der Waals surface area contributed by atoms with Gasteiger partial charge in [0.2, 0.25) is 0 Å². The van der Waals surface area contributed by atoms with Crippen LogP contribution in [0.4, 0.5) is 0 Å². The molecule has 3 nitrogen and oxygen atoms in total. The number of aliphatic imine (C=N–C) groups is 2. The summed E-state index contributed by atoms with van der Waals surface area (Å²) in [6, 6.07) is 63.8. The molecule has 11 rings (SSSR count). The maximum atomic E-state index is 6.61. The van der Waals surface area contributed by atoms with Gasteiger partial charge in [0.1, 0.15) is 0 Å². The summed E-state index contributed by atoms with van der Waals surface area (Å²) in [6.45, 7) is 0. The molecule has 10 aromatic rings. The van der Waals surface area contributed by atoms with Crippen molar-refractivity contribution in [1.82, 2.24) is 0 Å². The predicted molar refractivity (Wildman–Crippen MR) is 288 cm³/mol. The summed E-state index contributed by atoms with van der Waals surface area (Å²) in [5.74, 6) is 0. The normalized spacial score (nSPS) is 14.8. The zero-order valence-corrected chi connectivity index (χ0v) is 42.6. The number of fused-ring (bicyclic) bond motifs is 4. The maximum absolute atomic E-state index is 6.61. The van der Waals surface area contributed by atoms with E-state index in [9.17, 15) is 0 Å². The first-order valence-electron chi connectivity index (χ1n) is 22.4. The van der Waals surface area contributed by atoms with E-state index in [1.807, 2.05) is 24.3 Å². The molecule has 0 aliphatic heterocycles. The van der Waals surface area contributed by atoms with Gasteiger partial charge in [-0.1, -0.05) is 181 Å². The molecule has 1 aliphatic rings. The quantitative estimate of drug-likeness (QED) is 0.110. The van der Waals surface area contributed by atoms with Crippen LogP contribution in [-0.2, 0) is 19.5 Å². The van der Waals surface area contributed by atoms with E-state index in [1.54, 1.807) is 12.1 Å². The van der Waals surface area contributed by atoms with Crippen molar-refractivity contribution in [2.45, 2.75) is 37.8 Å². The molecule has 9 heteroatoms. The van der Waals surface area contributed by atoms with Crippen LogP contribution < -0.4 is 12.4 Å². The van der Waals surface area contributed by atoms with Crippen LogP contribution in [0.5, 0.6) is 0 Å². The van der Waals surface area contributed by atoms with Gasteiger partial charge in [0, 0.05) is 32.5 Å². The molecular weight excluding hydrogens is 1040 g/mol. The van der Waals surface area contributed by atoms with Gasteiger partial charge in [-0.05, 0) is 172 Å². The van der Waals surface area contributed by atoms with E-state index in [-0.39, 0.29) is 49.4 Å². The van der Waals surface area contributed by atoms with E-state index < -0.39 is 0 Å². The summed E-state index contributed by atoms with van der Waals surface area (Å²) >= 11 is 26.4. The Labute approximate surface area is 441 Å². The van der Waals surface area contributed by atoms with Crippen LogP contribution in [0, 0.1) is 0 Å². The minimum absolute atomic E-state index is 0. The monoisotopic (exact) mass is 1080 g/mol. The van der Waals surface area contributed by atoms with Crippen molar-refractivity contribution in [1.29, 1.82) is 0 Å². The molecule has 1 aliphatic carbocycles. The molecule has 0 bridgehead atoms. The molecule has 69 heavy (non-hydrogen) atoms. The SMILES string of the molecule is Clc1cc(Cl)cc(-c2ccc3ccccc3c2-c2cc(C=N[C@H]3CCCC[C@@H]3N=Cc3cc(-c4c(-c5cc(Cl)cc(Cl)c5)ccc5ccccc45)c4ccccc4c3)cc3ccccc23)c1.[Cl-].[OH-].[Ru+2]. The molecule has 0 radical (unpaired) electrons. The Morgan fingerprint density at radius 1 is 0.377 bits per heavy atom. The van der Waals surface area contributed by atoms with Gasteiger partial charge in [0.25, 0.3) is 0 Å². The first-order chi connectivity index (χ1) is 32.3. The molecule has 0 amide bonds. The number of hydrogen-bond donors (Lipinski definition) is 0. The van der Waals surface area contributed by atoms with Crippen LogP contribution >= 0.6 is 46.4 Å². The number of hydrogen-bond acceptors (Lipinski definition) is 3. The summed E-state index contributed by atoms with van der Waals surface area (Å²) < 4.78 is 0. The molecule has 1 N–H and O–H groups in total. The topological polar surface area (TPSA) is 54.7 Å². The van der Waals surface area contributed by atoms with Gasteiger partial charge in [0.05, 0.1) is 12.1 Å². The van der Waals surface area contributed by atoms with Crippen molar-refractivity contribution in [2.24, 2.45) is 9.98 Å². The maximum Gasteiger partial charge on any atom is 2.00 e. The zero-order valence-electron chi connectivity index (χ0n) is 37.0. The van der Waals surface area contributed by atoms with Crippen molar-refractivity contribution < 1.29 is 37.4 Å². The van der Waals surface area contributed by atoms with E-state index in [0.717, 1.165) is 114 Å². The van der Waals surface area contributed by atoms with E-state index in [0.29, 0.717) is 20.1 Å². The van der Waals surface area contributed by atoms with Crippen molar-refractivity contribution in [3.63, 3.8) is 0 Å². The molecule has 0 spiro atoms. The number of rotatable bonds is 8. The zero-order chi connectivity index (χ0) is 44.7. The Hall–Kier alpha value is -5.39. The van der Waals surface area contributed by atoms with Gasteiger partial charge < -0.3 is 17.9 Å². The van der Waals surface area contributed by atoms with Gasteiger partial charge >= 0.3 is 19.5 Å². The molecule has 342 valence electrons. The second kappa shape index (κ2) is 21.7. The molecule has 1 saturated carbocycles. The number of halogens is 5. The van der Waals surface area contributed by atoms with Gasteiger partial charge in [-0.25, -0.2) is 0 Å². The molecule has 10 aromatic carbocycles. The average molecular weight is 1090 g/mol. The van der Waals surface area contributed by atoms with Crippen molar-refractivity contribution >= 4 is 102 Å². The van der Waals surface area contributed by atoms with Crippen LogP contribution in [-0.4, -0.2) is 30.0 Å². The Morgan fingerprint density at radius 3 is 1.12 bits per heavy atom. The summed E-state index contributed by atoms with van der Waals surface area (Å²) in [6.07, 6.45) is 8.35. The fourth-order valence-corrected chi connectivity index (χ4v) is 11.1. The van der Waals surface area contributed by atoms with Crippen molar-refractivity contribution in [2.75, 3.05) is 0 Å². The van der Waals surface area contributed by atoms with E-state index >= 15 is 0 Å². The molecule has 1 fully saturated rings. The third-order valence-corrected chi connectivity index (χ3v) is 13.9. The Kier molecular flexibility index (Phi) is 15.7. The van der Waals surface area contributed by atoms with E-state index in [1.165, 1.54) is 10.8 Å². The standard InChI is InChI=1S/C60H42Cl4N2.ClH.H2O.Ru/c61-45-29-43(30-46(62)33-45)53-23-21-39-11-1-7-17-51(39)59(53)55-27-37(25-41-13-3-5-15-49(41)55)35-65-57-19-9-10-20-58(57)66-36-38-26-42-14-4-6-16-50(42)56(28-38)60-52-18-8-2-12-40(52)22-24-54(60)44-31-47(63)34-48(64)32-44;;;/h1-8,11-18,21-36,57-58H,9-10,19-20H2;1H;1H2;/q;;;+2/p-2/t57-,58-;;;/m0.../s1. The molecule has 0 aromatic heterocycles. The third kappa shape index (κ3) is 10.3. The van der Waals surface area contributed by atoms with E-state index in [2.05, 4.69) is 158 Å². The number of nitrogens with zero attached hydrogens (tertiary/aromatic N) is 2. The summed E-state index contributed by atoms with van der Waals surface area (Å²) in [4.78, 5) is 10.7. The first kappa shape index (κ1) is 50.0. The Bertz CT molecular complexity index is 3320. The Morgan fingerprint density at radius 2 is 0.725 bits per heavy atom. The Balaban J connectivity index is 0.00000214. The molecule has 0 unspecified atom stereocenters. The third-order valence-electron chi connectivity index (χ3n) is 13.0. The summed E-state index contributed by atoms with van der Waals surface area (Å²) in [5.41, 5.74) is 10.7. The summed E-state index contributed by atoms with van der Waals surface area (Å²) in [7, 11) is 0. The molecule has 2 atom stereocenters. The largest absolute Gasteiger partial charge is 2.00 e. The van der Waals surface area contributed by atoms with Crippen LogP contribution in [0.25, 0.3) is 87.6 Å². The number of benzene rings is 10. The molecule has 0 saturated heterocycles. The second-order valence-corrected chi connectivity index (χ2v) is 19.0. The van der Waals surface area contributed by atoms with Gasteiger partial charge in [-0.3, -0.25) is 9.98 Å². The predicted octanol–water partition coefficient (Wildman–Crippen LogP) is 15.3. The van der Waals surface area contributed by atoms with Crippen LogP contribution in [0.1, 0.15) is 36.8 Å². The molecular formula is C60H43Cl5N2ORu. The van der Waals surface area contributed by atoms with Crippen molar-refractivity contribution in [3.8, 4) is 44.5 Å². The fraction of sp³-hybridized carbons (Fsp3) is 0.100.